The first-order valence-electron chi connectivity index (χ1n) is 11.2. The van der Waals surface area contributed by atoms with Gasteiger partial charge in [-0.1, -0.05) is 41.9 Å². The molecule has 1 atom stereocenters. The van der Waals surface area contributed by atoms with Crippen LogP contribution in [0.1, 0.15) is 17.0 Å². The monoisotopic (exact) mass is 537 g/mol. The Balaban J connectivity index is 1.61. The molecule has 3 aromatic carbocycles. The molecule has 0 bridgehead atoms. The second-order valence-corrected chi connectivity index (χ2v) is 10.4. The van der Waals surface area contributed by atoms with Crippen LogP contribution in [0.3, 0.4) is 0 Å². The molecule has 0 aliphatic carbocycles. The summed E-state index contributed by atoms with van der Waals surface area (Å²) in [5.41, 5.74) is 8.79. The van der Waals surface area contributed by atoms with Crippen molar-refractivity contribution < 1.29 is 23.1 Å². The first kappa shape index (κ1) is 26.0. The Morgan fingerprint density at radius 1 is 1.08 bits per heavy atom. The van der Waals surface area contributed by atoms with E-state index in [1.165, 1.54) is 35.4 Å². The van der Waals surface area contributed by atoms with Gasteiger partial charge in [0.15, 0.2) is 0 Å². The van der Waals surface area contributed by atoms with E-state index < -0.39 is 15.8 Å². The van der Waals surface area contributed by atoms with Crippen LogP contribution in [0.25, 0.3) is 0 Å². The van der Waals surface area contributed by atoms with Crippen LogP contribution in [0.4, 0.5) is 0 Å². The average molecular weight is 538 g/mol. The number of nitrogens with zero attached hydrogens (tertiary/aromatic N) is 2. The molecule has 0 fully saturated rings. The zero-order valence-electron chi connectivity index (χ0n) is 19.6. The Hall–Kier alpha value is -4.08. The lowest BCUT2D eigenvalue weighted by atomic mass is 9.90. The number of rotatable bonds is 9. The lowest BCUT2D eigenvalue weighted by Crippen LogP contribution is -2.24. The van der Waals surface area contributed by atoms with Crippen molar-refractivity contribution in [2.45, 2.75) is 10.8 Å². The number of hydrogen-bond donors (Lipinski definition) is 2. The maximum Gasteiger partial charge on any atom is 0.328 e. The van der Waals surface area contributed by atoms with Crippen molar-refractivity contribution in [2.75, 3.05) is 13.2 Å². The number of carbonyl (C=O) groups is 1. The lowest BCUT2D eigenvalue weighted by molar-refractivity contribution is -0.131. The van der Waals surface area contributed by atoms with Gasteiger partial charge >= 0.3 is 5.97 Å². The highest BCUT2D eigenvalue weighted by atomic mass is 35.5. The van der Waals surface area contributed by atoms with Gasteiger partial charge in [0.05, 0.1) is 22.6 Å². The van der Waals surface area contributed by atoms with Crippen molar-refractivity contribution in [1.29, 1.82) is 0 Å². The number of ether oxygens (including phenoxy) is 1. The van der Waals surface area contributed by atoms with E-state index in [1.807, 2.05) is 42.5 Å². The standard InChI is InChI=1S/C27H24ClN3O5S/c28-21-10-14-23(15-11-21)37(34,35)18-25(29)31-17-24(19-5-2-1-3-6-19)27(30-31)20-8-12-22(13-9-20)36-16-4-7-26(32)33/h1-15,18,24H,16-17,29H2,(H,32,33)/b7-4+,25-18+. The Bertz CT molecular complexity index is 1450. The molecule has 1 unspecified atom stereocenters. The van der Waals surface area contributed by atoms with Gasteiger partial charge in [-0.15, -0.1) is 0 Å². The van der Waals surface area contributed by atoms with Crippen molar-refractivity contribution >= 4 is 33.1 Å². The predicted molar refractivity (Wildman–Crippen MR) is 142 cm³/mol. The van der Waals surface area contributed by atoms with E-state index in [2.05, 4.69) is 5.10 Å². The maximum absolute atomic E-state index is 12.9. The highest BCUT2D eigenvalue weighted by Gasteiger charge is 2.31. The van der Waals surface area contributed by atoms with Crippen molar-refractivity contribution in [3.8, 4) is 5.75 Å². The number of aliphatic carboxylic acids is 1. The molecule has 3 aromatic rings. The van der Waals surface area contributed by atoms with Gasteiger partial charge in [-0.2, -0.15) is 5.10 Å². The fourth-order valence-corrected chi connectivity index (χ4v) is 5.02. The number of hydrazone groups is 1. The van der Waals surface area contributed by atoms with Crippen molar-refractivity contribution in [3.05, 3.63) is 118 Å². The first-order chi connectivity index (χ1) is 17.7. The normalized spacial score (nSPS) is 16.1. The van der Waals surface area contributed by atoms with Crippen molar-refractivity contribution in [2.24, 2.45) is 10.8 Å². The van der Waals surface area contributed by atoms with Gasteiger partial charge in [0, 0.05) is 17.0 Å². The van der Waals surface area contributed by atoms with E-state index in [1.54, 1.807) is 12.1 Å². The van der Waals surface area contributed by atoms with Gasteiger partial charge in [-0.05, 0) is 65.7 Å². The number of benzene rings is 3. The molecule has 3 N–H and O–H groups in total. The molecule has 190 valence electrons. The smallest absolute Gasteiger partial charge is 0.328 e. The molecule has 8 nitrogen and oxygen atoms in total. The number of hydrogen-bond acceptors (Lipinski definition) is 7. The highest BCUT2D eigenvalue weighted by Crippen LogP contribution is 2.31. The summed E-state index contributed by atoms with van der Waals surface area (Å²) < 4.78 is 31.3. The molecule has 0 aromatic heterocycles. The molecule has 37 heavy (non-hydrogen) atoms. The quantitative estimate of drug-likeness (QED) is 0.388. The van der Waals surface area contributed by atoms with Crippen LogP contribution in [0.2, 0.25) is 5.02 Å². The third kappa shape index (κ3) is 6.58. The van der Waals surface area contributed by atoms with Gasteiger partial charge in [0.25, 0.3) is 0 Å². The molecule has 4 rings (SSSR count). The second kappa shape index (κ2) is 11.3. The minimum absolute atomic E-state index is 0.00366. The summed E-state index contributed by atoms with van der Waals surface area (Å²) in [5, 5.41) is 16.3. The van der Waals surface area contributed by atoms with E-state index in [9.17, 15) is 13.2 Å². The maximum atomic E-state index is 12.9. The van der Waals surface area contributed by atoms with Gasteiger partial charge in [0.2, 0.25) is 9.84 Å². The van der Waals surface area contributed by atoms with E-state index in [0.717, 1.165) is 28.3 Å². The van der Waals surface area contributed by atoms with Gasteiger partial charge in [-0.3, -0.25) is 0 Å². The number of carboxylic acid groups (broad SMARTS) is 1. The lowest BCUT2D eigenvalue weighted by Gasteiger charge is -2.16. The first-order valence-corrected chi connectivity index (χ1v) is 13.2. The number of carboxylic acids is 1. The number of sulfone groups is 1. The van der Waals surface area contributed by atoms with Gasteiger partial charge < -0.3 is 15.6 Å². The minimum atomic E-state index is -3.82. The molecular weight excluding hydrogens is 514 g/mol. The van der Waals surface area contributed by atoms with Crippen LogP contribution in [0.15, 0.2) is 112 Å². The summed E-state index contributed by atoms with van der Waals surface area (Å²) in [5.74, 6) is -0.629. The van der Waals surface area contributed by atoms with E-state index in [-0.39, 0.29) is 23.2 Å². The van der Waals surface area contributed by atoms with Crippen molar-refractivity contribution in [1.82, 2.24) is 5.01 Å². The topological polar surface area (TPSA) is 122 Å². The molecule has 10 heteroatoms. The molecule has 0 spiro atoms. The molecule has 0 amide bonds. The number of nitrogens with two attached hydrogens (primary N) is 1. The van der Waals surface area contributed by atoms with Crippen LogP contribution in [0.5, 0.6) is 5.75 Å². The molecule has 0 saturated carbocycles. The predicted octanol–water partition coefficient (Wildman–Crippen LogP) is 4.39. The Morgan fingerprint density at radius 2 is 1.76 bits per heavy atom. The average Bonchev–Trinajstić information content (AvgIpc) is 3.33. The summed E-state index contributed by atoms with van der Waals surface area (Å²) in [6, 6.07) is 22.8. The molecular formula is C27H24ClN3O5S. The van der Waals surface area contributed by atoms with Crippen LogP contribution in [-0.2, 0) is 14.6 Å². The summed E-state index contributed by atoms with van der Waals surface area (Å²) in [6.45, 7) is 0.479. The van der Waals surface area contributed by atoms with E-state index in [4.69, 9.17) is 27.2 Å². The third-order valence-electron chi connectivity index (χ3n) is 5.59. The van der Waals surface area contributed by atoms with Crippen LogP contribution in [-0.4, -0.2) is 43.4 Å². The zero-order valence-corrected chi connectivity index (χ0v) is 21.1. The SMILES string of the molecule is N/C(=C\S(=O)(=O)c1ccc(Cl)cc1)N1CC(c2ccccc2)C(c2ccc(OC/C=C/C(=O)O)cc2)=N1. The largest absolute Gasteiger partial charge is 0.490 e. The van der Waals surface area contributed by atoms with E-state index >= 15 is 0 Å². The Kier molecular flexibility index (Phi) is 7.95. The Labute approximate surface area is 219 Å². The second-order valence-electron chi connectivity index (χ2n) is 8.15. The van der Waals surface area contributed by atoms with Gasteiger partial charge in [-0.25, -0.2) is 18.2 Å². The van der Waals surface area contributed by atoms with Gasteiger partial charge in [0.1, 0.15) is 18.2 Å². The summed E-state index contributed by atoms with van der Waals surface area (Å²) in [4.78, 5) is 10.7. The molecule has 1 heterocycles. The fourth-order valence-electron chi connectivity index (χ4n) is 3.80. The zero-order chi connectivity index (χ0) is 26.4. The van der Waals surface area contributed by atoms with Crippen LogP contribution in [0, 0.1) is 0 Å². The molecule has 0 saturated heterocycles. The Morgan fingerprint density at radius 3 is 2.41 bits per heavy atom. The van der Waals surface area contributed by atoms with Crippen LogP contribution >= 0.6 is 11.6 Å². The minimum Gasteiger partial charge on any atom is -0.490 e. The fraction of sp³-hybridized carbons (Fsp3) is 0.111. The van der Waals surface area contributed by atoms with E-state index in [0.29, 0.717) is 17.3 Å². The summed E-state index contributed by atoms with van der Waals surface area (Å²) >= 11 is 5.88. The highest BCUT2D eigenvalue weighted by molar-refractivity contribution is 7.94. The summed E-state index contributed by atoms with van der Waals surface area (Å²) in [6.07, 6.45) is 2.43. The molecule has 0 radical (unpaired) electrons. The number of halogens is 1. The summed E-state index contributed by atoms with van der Waals surface area (Å²) in [7, 11) is -3.82. The molecule has 1 aliphatic heterocycles. The third-order valence-corrected chi connectivity index (χ3v) is 7.32. The van der Waals surface area contributed by atoms with Crippen LogP contribution < -0.4 is 10.5 Å². The molecule has 1 aliphatic rings. The van der Waals surface area contributed by atoms with Crippen molar-refractivity contribution in [3.63, 3.8) is 0 Å².